The molecule has 5 heteroatoms. The Kier molecular flexibility index (Phi) is 5.06. The topological polar surface area (TPSA) is 86.6 Å². The molecule has 0 saturated carbocycles. The minimum Gasteiger partial charge on any atom is -0.478 e. The summed E-state index contributed by atoms with van der Waals surface area (Å²) >= 11 is 0. The van der Waals surface area contributed by atoms with Crippen LogP contribution in [0, 0.1) is 0 Å². The molecule has 112 valence electrons. The first-order valence-electron chi connectivity index (χ1n) is 6.62. The molecule has 0 radical (unpaired) electrons. The van der Waals surface area contributed by atoms with Crippen LogP contribution >= 0.6 is 0 Å². The summed E-state index contributed by atoms with van der Waals surface area (Å²) in [5.41, 5.74) is 0.773. The van der Waals surface area contributed by atoms with E-state index >= 15 is 0 Å². The Bertz CT molecular complexity index is 680. The van der Waals surface area contributed by atoms with Gasteiger partial charge < -0.3 is 15.5 Å². The normalized spacial score (nSPS) is 12.5. The number of benzene rings is 2. The van der Waals surface area contributed by atoms with Gasteiger partial charge >= 0.3 is 5.97 Å². The third-order valence-electron chi connectivity index (χ3n) is 2.98. The number of rotatable bonds is 5. The van der Waals surface area contributed by atoms with Gasteiger partial charge in [-0.05, 0) is 17.7 Å². The smallest absolute Gasteiger partial charge is 0.330 e. The summed E-state index contributed by atoms with van der Waals surface area (Å²) in [6, 6.07) is 16.9. The van der Waals surface area contributed by atoms with Crippen molar-refractivity contribution in [2.45, 2.75) is 6.10 Å². The van der Waals surface area contributed by atoms with Gasteiger partial charge in [0.25, 0.3) is 5.91 Å². The Hall–Kier alpha value is -2.92. The highest BCUT2D eigenvalue weighted by Crippen LogP contribution is 2.19. The van der Waals surface area contributed by atoms with Crippen LogP contribution in [0.15, 0.2) is 72.4 Å². The van der Waals surface area contributed by atoms with Crippen LogP contribution in [0.2, 0.25) is 0 Å². The summed E-state index contributed by atoms with van der Waals surface area (Å²) in [6.07, 6.45) is -0.441. The lowest BCUT2D eigenvalue weighted by atomic mass is 10.1. The van der Waals surface area contributed by atoms with Crippen molar-refractivity contribution in [3.8, 4) is 0 Å². The number of carboxylic acids is 1. The highest BCUT2D eigenvalue weighted by atomic mass is 16.4. The highest BCUT2D eigenvalue weighted by molar-refractivity contribution is 5.96. The van der Waals surface area contributed by atoms with Crippen LogP contribution in [-0.2, 0) is 4.79 Å². The fourth-order valence-electron chi connectivity index (χ4n) is 1.92. The van der Waals surface area contributed by atoms with Crippen LogP contribution in [0.25, 0.3) is 0 Å². The summed E-state index contributed by atoms with van der Waals surface area (Å²) in [4.78, 5) is 23.0. The van der Waals surface area contributed by atoms with E-state index < -0.39 is 18.0 Å². The van der Waals surface area contributed by atoms with Crippen molar-refractivity contribution >= 4 is 11.9 Å². The summed E-state index contributed by atoms with van der Waals surface area (Å²) in [6.45, 7) is 0. The SMILES string of the molecule is O=C(O)C=C(NC(=O)c1ccccc1)C(O)c1ccccc1. The first-order valence-corrected chi connectivity index (χ1v) is 6.62. The molecule has 0 fully saturated rings. The van der Waals surface area contributed by atoms with Gasteiger partial charge in [-0.3, -0.25) is 4.79 Å². The minimum atomic E-state index is -1.25. The average Bonchev–Trinajstić information content (AvgIpc) is 2.54. The quantitative estimate of drug-likeness (QED) is 0.738. The van der Waals surface area contributed by atoms with Crippen molar-refractivity contribution in [3.63, 3.8) is 0 Å². The molecular weight excluding hydrogens is 282 g/mol. The summed E-state index contributed by atoms with van der Waals surface area (Å²) in [5, 5.41) is 21.7. The van der Waals surface area contributed by atoms with E-state index in [1.807, 2.05) is 0 Å². The summed E-state index contributed by atoms with van der Waals surface area (Å²) < 4.78 is 0. The first-order chi connectivity index (χ1) is 10.6. The van der Waals surface area contributed by atoms with Gasteiger partial charge in [-0.15, -0.1) is 0 Å². The maximum Gasteiger partial charge on any atom is 0.330 e. The number of amides is 1. The number of carbonyl (C=O) groups excluding carboxylic acids is 1. The Morgan fingerprint density at radius 1 is 0.955 bits per heavy atom. The fraction of sp³-hybridized carbons (Fsp3) is 0.0588. The van der Waals surface area contributed by atoms with Crippen molar-refractivity contribution < 1.29 is 19.8 Å². The predicted octanol–water partition coefficient (Wildman–Crippen LogP) is 2.12. The number of hydrogen-bond acceptors (Lipinski definition) is 3. The van der Waals surface area contributed by atoms with E-state index in [-0.39, 0.29) is 5.70 Å². The maximum atomic E-state index is 12.1. The van der Waals surface area contributed by atoms with Gasteiger partial charge in [0.15, 0.2) is 0 Å². The molecule has 0 aliphatic heterocycles. The number of carboxylic acid groups (broad SMARTS) is 1. The maximum absolute atomic E-state index is 12.1. The molecule has 0 aromatic heterocycles. The molecule has 1 atom stereocenters. The summed E-state index contributed by atoms with van der Waals surface area (Å²) in [5.74, 6) is -1.73. The number of aliphatic carboxylic acids is 1. The van der Waals surface area contributed by atoms with E-state index in [0.29, 0.717) is 11.1 Å². The molecule has 0 aliphatic rings. The molecule has 0 bridgehead atoms. The Balaban J connectivity index is 2.24. The fourth-order valence-corrected chi connectivity index (χ4v) is 1.92. The van der Waals surface area contributed by atoms with Gasteiger partial charge in [-0.2, -0.15) is 0 Å². The van der Waals surface area contributed by atoms with Crippen molar-refractivity contribution in [2.75, 3.05) is 0 Å². The first kappa shape index (κ1) is 15.5. The summed E-state index contributed by atoms with van der Waals surface area (Å²) in [7, 11) is 0. The van der Waals surface area contributed by atoms with Crippen LogP contribution in [0.5, 0.6) is 0 Å². The molecule has 0 aliphatic carbocycles. The molecule has 2 rings (SSSR count). The van der Waals surface area contributed by atoms with E-state index in [1.165, 1.54) is 0 Å². The van der Waals surface area contributed by atoms with Crippen molar-refractivity contribution in [3.05, 3.63) is 83.6 Å². The predicted molar refractivity (Wildman–Crippen MR) is 81.0 cm³/mol. The molecule has 1 amide bonds. The number of hydrogen-bond donors (Lipinski definition) is 3. The van der Waals surface area contributed by atoms with E-state index in [2.05, 4.69) is 5.32 Å². The average molecular weight is 297 g/mol. The van der Waals surface area contributed by atoms with Gasteiger partial charge in [0.1, 0.15) is 6.10 Å². The van der Waals surface area contributed by atoms with Crippen LogP contribution < -0.4 is 5.32 Å². The zero-order valence-electron chi connectivity index (χ0n) is 11.6. The van der Waals surface area contributed by atoms with Crippen molar-refractivity contribution in [1.29, 1.82) is 0 Å². The minimum absolute atomic E-state index is 0.0902. The largest absolute Gasteiger partial charge is 0.478 e. The Labute approximate surface area is 127 Å². The number of nitrogens with one attached hydrogen (secondary N) is 1. The lowest BCUT2D eigenvalue weighted by molar-refractivity contribution is -0.131. The molecule has 0 heterocycles. The number of aliphatic hydroxyl groups excluding tert-OH is 1. The third-order valence-corrected chi connectivity index (χ3v) is 2.98. The molecule has 0 spiro atoms. The van der Waals surface area contributed by atoms with Crippen LogP contribution in [0.4, 0.5) is 0 Å². The molecule has 5 nitrogen and oxygen atoms in total. The Morgan fingerprint density at radius 2 is 1.50 bits per heavy atom. The molecule has 22 heavy (non-hydrogen) atoms. The molecule has 0 saturated heterocycles. The van der Waals surface area contributed by atoms with E-state index in [4.69, 9.17) is 5.11 Å². The van der Waals surface area contributed by atoms with Gasteiger partial charge in [-0.25, -0.2) is 4.79 Å². The van der Waals surface area contributed by atoms with Crippen molar-refractivity contribution in [2.24, 2.45) is 0 Å². The molecule has 2 aromatic rings. The number of carbonyl (C=O) groups is 2. The van der Waals surface area contributed by atoms with E-state index in [0.717, 1.165) is 6.08 Å². The van der Waals surface area contributed by atoms with Crippen LogP contribution in [0.3, 0.4) is 0 Å². The second kappa shape index (κ2) is 7.19. The Morgan fingerprint density at radius 3 is 2.05 bits per heavy atom. The van der Waals surface area contributed by atoms with Gasteiger partial charge in [0.2, 0.25) is 0 Å². The monoisotopic (exact) mass is 297 g/mol. The standard InChI is InChI=1S/C17H15NO4/c19-15(20)11-14(16(21)12-7-3-1-4-8-12)18-17(22)13-9-5-2-6-10-13/h1-11,16,21H,(H,18,22)(H,19,20). The number of aliphatic hydroxyl groups is 1. The zero-order valence-corrected chi connectivity index (χ0v) is 11.6. The lowest BCUT2D eigenvalue weighted by Gasteiger charge is -2.16. The van der Waals surface area contributed by atoms with E-state index in [9.17, 15) is 14.7 Å². The second-order valence-corrected chi connectivity index (χ2v) is 4.57. The van der Waals surface area contributed by atoms with Gasteiger partial charge in [0, 0.05) is 11.6 Å². The molecule has 1 unspecified atom stereocenters. The van der Waals surface area contributed by atoms with Gasteiger partial charge in [0.05, 0.1) is 5.70 Å². The zero-order chi connectivity index (χ0) is 15.9. The van der Waals surface area contributed by atoms with Crippen LogP contribution in [0.1, 0.15) is 22.0 Å². The molecular formula is C17H15NO4. The highest BCUT2D eigenvalue weighted by Gasteiger charge is 2.17. The molecule has 2 aromatic carbocycles. The van der Waals surface area contributed by atoms with E-state index in [1.54, 1.807) is 60.7 Å². The van der Waals surface area contributed by atoms with Gasteiger partial charge in [-0.1, -0.05) is 48.5 Å². The lowest BCUT2D eigenvalue weighted by Crippen LogP contribution is -2.27. The van der Waals surface area contributed by atoms with Crippen LogP contribution in [-0.4, -0.2) is 22.1 Å². The second-order valence-electron chi connectivity index (χ2n) is 4.57. The molecule has 3 N–H and O–H groups in total. The third kappa shape index (κ3) is 4.04. The van der Waals surface area contributed by atoms with Crippen molar-refractivity contribution in [1.82, 2.24) is 5.32 Å².